The maximum absolute atomic E-state index is 12.5. The van der Waals surface area contributed by atoms with Gasteiger partial charge in [-0.25, -0.2) is 0 Å². The predicted octanol–water partition coefficient (Wildman–Crippen LogP) is 3.44. The van der Waals surface area contributed by atoms with Gasteiger partial charge in [0.05, 0.1) is 0 Å². The van der Waals surface area contributed by atoms with Crippen LogP contribution >= 0.6 is 11.6 Å². The number of benzene rings is 2. The lowest BCUT2D eigenvalue weighted by atomic mass is 10.2. The molecular formula is C22H24ClN3O2. The smallest absolute Gasteiger partial charge is 0.313 e. The van der Waals surface area contributed by atoms with E-state index < -0.39 is 11.8 Å². The Bertz CT molecular complexity index is 859. The highest BCUT2D eigenvalue weighted by Crippen LogP contribution is 2.23. The van der Waals surface area contributed by atoms with Gasteiger partial charge in [0.1, 0.15) is 0 Å². The summed E-state index contributed by atoms with van der Waals surface area (Å²) in [6.45, 7) is 5.21. The number of piperazine rings is 1. The van der Waals surface area contributed by atoms with Gasteiger partial charge in [-0.05, 0) is 30.2 Å². The van der Waals surface area contributed by atoms with Gasteiger partial charge in [0.2, 0.25) is 0 Å². The molecule has 0 aliphatic carbocycles. The van der Waals surface area contributed by atoms with Crippen molar-refractivity contribution >= 4 is 35.2 Å². The monoisotopic (exact) mass is 397 g/mol. The van der Waals surface area contributed by atoms with Gasteiger partial charge in [-0.2, -0.15) is 0 Å². The van der Waals surface area contributed by atoms with E-state index in [2.05, 4.69) is 34.5 Å². The van der Waals surface area contributed by atoms with Crippen molar-refractivity contribution in [2.24, 2.45) is 0 Å². The number of nitrogens with zero attached hydrogens (tertiary/aromatic N) is 2. The molecule has 5 nitrogen and oxygen atoms in total. The van der Waals surface area contributed by atoms with Gasteiger partial charge in [-0.15, -0.1) is 0 Å². The van der Waals surface area contributed by atoms with Crippen molar-refractivity contribution in [3.8, 4) is 0 Å². The second-order valence-corrected chi connectivity index (χ2v) is 7.18. The molecule has 6 heteroatoms. The van der Waals surface area contributed by atoms with Gasteiger partial charge in [-0.3, -0.25) is 14.5 Å². The fourth-order valence-electron chi connectivity index (χ4n) is 3.10. The van der Waals surface area contributed by atoms with Gasteiger partial charge < -0.3 is 10.2 Å². The third-order valence-corrected chi connectivity index (χ3v) is 5.25. The van der Waals surface area contributed by atoms with Gasteiger partial charge in [-0.1, -0.05) is 60.2 Å². The van der Waals surface area contributed by atoms with Crippen molar-refractivity contribution in [3.63, 3.8) is 0 Å². The van der Waals surface area contributed by atoms with E-state index in [0.29, 0.717) is 23.8 Å². The van der Waals surface area contributed by atoms with Crippen LogP contribution in [0.25, 0.3) is 6.08 Å². The maximum Gasteiger partial charge on any atom is 0.313 e. The highest BCUT2D eigenvalue weighted by molar-refractivity contribution is 6.40. The van der Waals surface area contributed by atoms with E-state index in [9.17, 15) is 9.59 Å². The zero-order valence-electron chi connectivity index (χ0n) is 15.9. The first kappa shape index (κ1) is 20.1. The number of rotatable bonds is 4. The number of carbonyl (C=O) groups excluding carboxylic acids is 2. The third kappa shape index (κ3) is 5.21. The molecule has 0 atom stereocenters. The van der Waals surface area contributed by atoms with E-state index in [1.807, 2.05) is 25.1 Å². The van der Waals surface area contributed by atoms with Crippen LogP contribution in [0.3, 0.4) is 0 Å². The summed E-state index contributed by atoms with van der Waals surface area (Å²) >= 11 is 6.06. The van der Waals surface area contributed by atoms with Gasteiger partial charge in [0.15, 0.2) is 0 Å². The Morgan fingerprint density at radius 3 is 2.46 bits per heavy atom. The summed E-state index contributed by atoms with van der Waals surface area (Å²) in [5.41, 5.74) is 2.49. The van der Waals surface area contributed by atoms with Crippen LogP contribution in [0.15, 0.2) is 54.6 Å². The number of nitrogens with one attached hydrogen (secondary N) is 1. The van der Waals surface area contributed by atoms with Crippen molar-refractivity contribution in [1.82, 2.24) is 9.80 Å². The molecule has 1 saturated heterocycles. The van der Waals surface area contributed by atoms with Crippen molar-refractivity contribution in [2.45, 2.75) is 6.92 Å². The second kappa shape index (κ2) is 9.53. The van der Waals surface area contributed by atoms with Crippen LogP contribution in [-0.4, -0.2) is 54.3 Å². The molecule has 28 heavy (non-hydrogen) atoms. The van der Waals surface area contributed by atoms with E-state index >= 15 is 0 Å². The molecule has 2 aromatic rings. The summed E-state index contributed by atoms with van der Waals surface area (Å²) < 4.78 is 0. The molecule has 2 aromatic carbocycles. The summed E-state index contributed by atoms with van der Waals surface area (Å²) in [5.74, 6) is -1.12. The number of carbonyl (C=O) groups is 2. The lowest BCUT2D eigenvalue weighted by molar-refractivity contribution is -0.144. The minimum atomic E-state index is -0.622. The molecule has 1 heterocycles. The van der Waals surface area contributed by atoms with Crippen LogP contribution in [-0.2, 0) is 9.59 Å². The van der Waals surface area contributed by atoms with E-state index in [1.54, 1.807) is 23.1 Å². The quantitative estimate of drug-likeness (QED) is 0.804. The summed E-state index contributed by atoms with van der Waals surface area (Å²) in [6, 6.07) is 15.4. The molecule has 3 rings (SSSR count). The first-order valence-electron chi connectivity index (χ1n) is 9.34. The Morgan fingerprint density at radius 2 is 1.75 bits per heavy atom. The van der Waals surface area contributed by atoms with Crippen LogP contribution in [0.1, 0.15) is 11.1 Å². The molecule has 0 unspecified atom stereocenters. The van der Waals surface area contributed by atoms with E-state index in [-0.39, 0.29) is 0 Å². The van der Waals surface area contributed by atoms with Crippen LogP contribution in [0.5, 0.6) is 0 Å². The highest BCUT2D eigenvalue weighted by atomic mass is 35.5. The van der Waals surface area contributed by atoms with Crippen molar-refractivity contribution in [1.29, 1.82) is 0 Å². The van der Waals surface area contributed by atoms with Crippen LogP contribution in [0.4, 0.5) is 5.69 Å². The first-order valence-corrected chi connectivity index (χ1v) is 9.71. The zero-order valence-corrected chi connectivity index (χ0v) is 16.7. The van der Waals surface area contributed by atoms with E-state index in [0.717, 1.165) is 25.2 Å². The molecule has 1 fully saturated rings. The molecule has 0 radical (unpaired) electrons. The third-order valence-electron chi connectivity index (χ3n) is 4.84. The SMILES string of the molecule is Cc1c(Cl)cccc1NC(=O)C(=O)N1CCN(C/C=C/c2ccccc2)CC1. The molecular weight excluding hydrogens is 374 g/mol. The molecule has 1 aliphatic rings. The molecule has 0 aromatic heterocycles. The first-order chi connectivity index (χ1) is 13.5. The summed E-state index contributed by atoms with van der Waals surface area (Å²) in [4.78, 5) is 28.6. The maximum atomic E-state index is 12.5. The summed E-state index contributed by atoms with van der Waals surface area (Å²) in [7, 11) is 0. The summed E-state index contributed by atoms with van der Waals surface area (Å²) in [6.07, 6.45) is 4.22. The molecule has 146 valence electrons. The van der Waals surface area contributed by atoms with Gasteiger partial charge in [0.25, 0.3) is 0 Å². The Labute approximate surface area is 170 Å². The lowest BCUT2D eigenvalue weighted by Gasteiger charge is -2.33. The fourth-order valence-corrected chi connectivity index (χ4v) is 3.27. The van der Waals surface area contributed by atoms with E-state index in [4.69, 9.17) is 11.6 Å². The Morgan fingerprint density at radius 1 is 1.04 bits per heavy atom. The van der Waals surface area contributed by atoms with Gasteiger partial charge in [0, 0.05) is 43.4 Å². The standard InChI is InChI=1S/C22H24ClN3O2/c1-17-19(23)10-5-11-20(17)24-21(27)22(28)26-15-13-25(14-16-26)12-6-9-18-7-3-2-4-8-18/h2-11H,12-16H2,1H3,(H,24,27)/b9-6+. The molecule has 1 aliphatic heterocycles. The summed E-state index contributed by atoms with van der Waals surface area (Å²) in [5, 5.41) is 3.23. The Kier molecular flexibility index (Phi) is 6.85. The van der Waals surface area contributed by atoms with Crippen molar-refractivity contribution in [2.75, 3.05) is 38.0 Å². The lowest BCUT2D eigenvalue weighted by Crippen LogP contribution is -2.51. The van der Waals surface area contributed by atoms with Crippen LogP contribution in [0, 0.1) is 6.92 Å². The second-order valence-electron chi connectivity index (χ2n) is 6.77. The van der Waals surface area contributed by atoms with Crippen LogP contribution in [0.2, 0.25) is 5.02 Å². The normalized spacial score (nSPS) is 15.0. The minimum absolute atomic E-state index is 0.501. The van der Waals surface area contributed by atoms with Crippen LogP contribution < -0.4 is 5.32 Å². The molecule has 0 saturated carbocycles. The van der Waals surface area contributed by atoms with Gasteiger partial charge >= 0.3 is 11.8 Å². The molecule has 1 N–H and O–H groups in total. The number of amides is 2. The molecule has 0 bridgehead atoms. The Hall–Kier alpha value is -2.63. The Balaban J connectivity index is 1.47. The molecule has 2 amide bonds. The van der Waals surface area contributed by atoms with Crippen molar-refractivity contribution in [3.05, 3.63) is 70.8 Å². The van der Waals surface area contributed by atoms with Crippen molar-refractivity contribution < 1.29 is 9.59 Å². The predicted molar refractivity (Wildman–Crippen MR) is 113 cm³/mol. The number of hydrogen-bond acceptors (Lipinski definition) is 3. The topological polar surface area (TPSA) is 52.7 Å². The number of anilines is 1. The zero-order chi connectivity index (χ0) is 19.9. The average molecular weight is 398 g/mol. The minimum Gasteiger partial charge on any atom is -0.332 e. The highest BCUT2D eigenvalue weighted by Gasteiger charge is 2.26. The van der Waals surface area contributed by atoms with E-state index in [1.165, 1.54) is 5.56 Å². The number of hydrogen-bond donors (Lipinski definition) is 1. The molecule has 0 spiro atoms. The fraction of sp³-hybridized carbons (Fsp3) is 0.273. The largest absolute Gasteiger partial charge is 0.332 e. The average Bonchev–Trinajstić information content (AvgIpc) is 2.72. The number of halogens is 1.